The summed E-state index contributed by atoms with van der Waals surface area (Å²) in [6, 6.07) is 1.97. The lowest BCUT2D eigenvalue weighted by molar-refractivity contribution is -0.134. The van der Waals surface area contributed by atoms with Crippen molar-refractivity contribution in [2.45, 2.75) is 46.0 Å². The molecule has 1 N–H and O–H groups in total. The molecule has 0 aromatic carbocycles. The third-order valence-corrected chi connectivity index (χ3v) is 5.39. The smallest absolute Gasteiger partial charge is 0.224 e. The van der Waals surface area contributed by atoms with Crippen LogP contribution < -0.4 is 10.2 Å². The van der Waals surface area contributed by atoms with Gasteiger partial charge in [-0.05, 0) is 50.5 Å². The van der Waals surface area contributed by atoms with Gasteiger partial charge in [-0.3, -0.25) is 4.79 Å². The van der Waals surface area contributed by atoms with Crippen molar-refractivity contribution in [2.24, 2.45) is 11.8 Å². The third kappa shape index (κ3) is 4.83. The van der Waals surface area contributed by atoms with Crippen LogP contribution in [0.1, 0.15) is 46.0 Å². The van der Waals surface area contributed by atoms with E-state index in [2.05, 4.69) is 32.0 Å². The van der Waals surface area contributed by atoms with Crippen LogP contribution in [0.4, 0.5) is 11.8 Å². The van der Waals surface area contributed by atoms with Gasteiger partial charge >= 0.3 is 0 Å². The zero-order valence-electron chi connectivity index (χ0n) is 15.6. The van der Waals surface area contributed by atoms with Crippen molar-refractivity contribution < 1.29 is 4.79 Å². The van der Waals surface area contributed by atoms with Gasteiger partial charge in [-0.15, -0.1) is 0 Å². The first-order chi connectivity index (χ1) is 12.2. The molecule has 2 aliphatic heterocycles. The van der Waals surface area contributed by atoms with Crippen LogP contribution in [0.2, 0.25) is 0 Å². The summed E-state index contributed by atoms with van der Waals surface area (Å²) in [6.45, 7) is 8.96. The Morgan fingerprint density at radius 2 is 2.08 bits per heavy atom. The van der Waals surface area contributed by atoms with Crippen molar-refractivity contribution in [3.8, 4) is 0 Å². The number of likely N-dealkylation sites (tertiary alicyclic amines) is 1. The van der Waals surface area contributed by atoms with Crippen LogP contribution in [0.15, 0.2) is 12.3 Å². The van der Waals surface area contributed by atoms with Crippen LogP contribution in [0, 0.1) is 11.8 Å². The summed E-state index contributed by atoms with van der Waals surface area (Å²) in [7, 11) is 0. The third-order valence-electron chi connectivity index (χ3n) is 5.39. The molecule has 2 fully saturated rings. The number of carbonyl (C=O) groups is 1. The van der Waals surface area contributed by atoms with E-state index in [4.69, 9.17) is 0 Å². The molecule has 3 heterocycles. The number of hydrogen-bond donors (Lipinski definition) is 1. The monoisotopic (exact) mass is 345 g/mol. The van der Waals surface area contributed by atoms with E-state index in [9.17, 15) is 4.79 Å². The average molecular weight is 345 g/mol. The van der Waals surface area contributed by atoms with Crippen LogP contribution in [0.5, 0.6) is 0 Å². The molecule has 0 radical (unpaired) electrons. The van der Waals surface area contributed by atoms with Crippen molar-refractivity contribution in [3.63, 3.8) is 0 Å². The number of piperidine rings is 2. The zero-order valence-corrected chi connectivity index (χ0v) is 15.6. The van der Waals surface area contributed by atoms with Gasteiger partial charge in [0, 0.05) is 45.3 Å². The van der Waals surface area contributed by atoms with Crippen molar-refractivity contribution in [1.29, 1.82) is 0 Å². The van der Waals surface area contributed by atoms with Gasteiger partial charge < -0.3 is 15.1 Å². The fourth-order valence-electron chi connectivity index (χ4n) is 3.93. The van der Waals surface area contributed by atoms with E-state index in [-0.39, 0.29) is 0 Å². The summed E-state index contributed by atoms with van der Waals surface area (Å²) in [5.74, 6) is 3.21. The van der Waals surface area contributed by atoms with Gasteiger partial charge in [0.1, 0.15) is 5.82 Å². The molecular formula is C19H31N5O. The molecule has 6 nitrogen and oxygen atoms in total. The van der Waals surface area contributed by atoms with Gasteiger partial charge in [0.25, 0.3) is 0 Å². The highest BCUT2D eigenvalue weighted by molar-refractivity contribution is 5.76. The van der Waals surface area contributed by atoms with E-state index in [1.54, 1.807) is 0 Å². The van der Waals surface area contributed by atoms with E-state index >= 15 is 0 Å². The van der Waals surface area contributed by atoms with Gasteiger partial charge in [-0.25, -0.2) is 4.98 Å². The molecule has 0 aliphatic carbocycles. The Balaban J connectivity index is 1.48. The maximum Gasteiger partial charge on any atom is 0.224 e. The lowest BCUT2D eigenvalue weighted by Gasteiger charge is -2.35. The fraction of sp³-hybridized carbons (Fsp3) is 0.737. The molecule has 2 saturated heterocycles. The van der Waals surface area contributed by atoms with Crippen molar-refractivity contribution >= 4 is 17.7 Å². The second kappa shape index (κ2) is 8.50. The van der Waals surface area contributed by atoms with Gasteiger partial charge in [-0.1, -0.05) is 6.92 Å². The number of nitrogens with zero attached hydrogens (tertiary/aromatic N) is 4. The van der Waals surface area contributed by atoms with Gasteiger partial charge in [0.15, 0.2) is 0 Å². The number of amides is 1. The predicted octanol–water partition coefficient (Wildman–Crippen LogP) is 2.77. The Morgan fingerprint density at radius 3 is 2.80 bits per heavy atom. The number of carbonyl (C=O) groups excluding carboxylic acids is 1. The standard InChI is InChI=1S/C19H31N5O/c1-3-20-19-21-9-6-17(22-19)23-11-7-16(8-12-23)13-18(25)24-10-4-5-15(2)14-24/h6,9,15-16H,3-5,7-8,10-14H2,1-2H3,(H,20,21,22). The maximum absolute atomic E-state index is 12.6. The molecule has 138 valence electrons. The predicted molar refractivity (Wildman–Crippen MR) is 101 cm³/mol. The van der Waals surface area contributed by atoms with E-state index in [0.717, 1.165) is 57.8 Å². The molecule has 2 aliphatic rings. The largest absolute Gasteiger partial charge is 0.356 e. The maximum atomic E-state index is 12.6. The highest BCUT2D eigenvalue weighted by Gasteiger charge is 2.26. The average Bonchev–Trinajstić information content (AvgIpc) is 2.63. The van der Waals surface area contributed by atoms with Crippen molar-refractivity contribution in [2.75, 3.05) is 42.9 Å². The summed E-state index contributed by atoms with van der Waals surface area (Å²) in [5.41, 5.74) is 0. The molecule has 1 amide bonds. The summed E-state index contributed by atoms with van der Waals surface area (Å²) >= 11 is 0. The summed E-state index contributed by atoms with van der Waals surface area (Å²) in [6.07, 6.45) is 7.08. The number of hydrogen-bond acceptors (Lipinski definition) is 5. The topological polar surface area (TPSA) is 61.4 Å². The number of rotatable bonds is 5. The normalized spacial score (nSPS) is 22.1. The fourth-order valence-corrected chi connectivity index (χ4v) is 3.93. The van der Waals surface area contributed by atoms with Gasteiger partial charge in [0.2, 0.25) is 11.9 Å². The summed E-state index contributed by atoms with van der Waals surface area (Å²) in [4.78, 5) is 25.8. The van der Waals surface area contributed by atoms with E-state index in [1.807, 2.05) is 19.2 Å². The van der Waals surface area contributed by atoms with Crippen LogP contribution in [-0.2, 0) is 4.79 Å². The highest BCUT2D eigenvalue weighted by atomic mass is 16.2. The molecule has 0 spiro atoms. The molecule has 25 heavy (non-hydrogen) atoms. The quantitative estimate of drug-likeness (QED) is 0.889. The van der Waals surface area contributed by atoms with Gasteiger partial charge in [-0.2, -0.15) is 4.98 Å². The minimum Gasteiger partial charge on any atom is -0.356 e. The van der Waals surface area contributed by atoms with Crippen molar-refractivity contribution in [3.05, 3.63) is 12.3 Å². The van der Waals surface area contributed by atoms with Gasteiger partial charge in [0.05, 0.1) is 0 Å². The molecule has 6 heteroatoms. The van der Waals surface area contributed by atoms with E-state index in [1.165, 1.54) is 6.42 Å². The number of aromatic nitrogens is 2. The number of anilines is 2. The van der Waals surface area contributed by atoms with E-state index in [0.29, 0.717) is 30.1 Å². The molecule has 0 bridgehead atoms. The first kappa shape index (κ1) is 18.0. The lowest BCUT2D eigenvalue weighted by Crippen LogP contribution is -2.41. The Labute approximate surface area is 151 Å². The molecule has 0 saturated carbocycles. The van der Waals surface area contributed by atoms with Crippen molar-refractivity contribution in [1.82, 2.24) is 14.9 Å². The lowest BCUT2D eigenvalue weighted by atomic mass is 9.92. The molecule has 1 atom stereocenters. The second-order valence-electron chi connectivity index (χ2n) is 7.49. The highest BCUT2D eigenvalue weighted by Crippen LogP contribution is 2.26. The first-order valence-electron chi connectivity index (χ1n) is 9.75. The molecule has 1 aromatic rings. The van der Waals surface area contributed by atoms with Crippen LogP contribution >= 0.6 is 0 Å². The van der Waals surface area contributed by atoms with Crippen LogP contribution in [0.25, 0.3) is 0 Å². The summed E-state index contributed by atoms with van der Waals surface area (Å²) in [5, 5.41) is 3.16. The van der Waals surface area contributed by atoms with Crippen LogP contribution in [0.3, 0.4) is 0 Å². The zero-order chi connectivity index (χ0) is 17.6. The summed E-state index contributed by atoms with van der Waals surface area (Å²) < 4.78 is 0. The van der Waals surface area contributed by atoms with E-state index < -0.39 is 0 Å². The number of nitrogens with one attached hydrogen (secondary N) is 1. The Morgan fingerprint density at radius 1 is 1.28 bits per heavy atom. The van der Waals surface area contributed by atoms with Crippen LogP contribution in [-0.4, -0.2) is 53.5 Å². The second-order valence-corrected chi connectivity index (χ2v) is 7.49. The molecule has 1 unspecified atom stereocenters. The Bertz CT molecular complexity index is 571. The Hall–Kier alpha value is -1.85. The molecule has 1 aromatic heterocycles. The Kier molecular flexibility index (Phi) is 6.10. The minimum atomic E-state index is 0.362. The minimum absolute atomic E-state index is 0.362. The molecule has 3 rings (SSSR count). The SMILES string of the molecule is CCNc1nccc(N2CCC(CC(=O)N3CCCC(C)C3)CC2)n1. The first-order valence-corrected chi connectivity index (χ1v) is 9.75. The molecular weight excluding hydrogens is 314 g/mol.